The van der Waals surface area contributed by atoms with E-state index in [0.717, 1.165) is 5.56 Å². The second-order valence-corrected chi connectivity index (χ2v) is 4.46. The first-order chi connectivity index (χ1) is 9.29. The Balaban J connectivity index is 2.14. The number of hydrogen-bond acceptors (Lipinski definition) is 3. The normalized spacial score (nSPS) is 12.7. The van der Waals surface area contributed by atoms with Crippen molar-refractivity contribution < 1.29 is 4.39 Å². The molecule has 0 radical (unpaired) electrons. The third-order valence-electron chi connectivity index (χ3n) is 2.90. The van der Waals surface area contributed by atoms with Crippen molar-refractivity contribution >= 4 is 22.8 Å². The second-order valence-electron chi connectivity index (χ2n) is 4.07. The number of rotatable bonds is 3. The lowest BCUT2D eigenvalue weighted by Crippen LogP contribution is -2.14. The van der Waals surface area contributed by atoms with Gasteiger partial charge in [-0.3, -0.25) is 0 Å². The molecule has 4 nitrogen and oxygen atoms in total. The average Bonchev–Trinajstić information content (AvgIpc) is 2.84. The highest BCUT2D eigenvalue weighted by molar-refractivity contribution is 6.29. The lowest BCUT2D eigenvalue weighted by atomic mass is 10.1. The van der Waals surface area contributed by atoms with E-state index in [1.807, 2.05) is 30.3 Å². The smallest absolute Gasteiger partial charge is 0.178 e. The predicted octanol–water partition coefficient (Wildman–Crippen LogP) is 3.04. The molecule has 0 aliphatic carbocycles. The van der Waals surface area contributed by atoms with E-state index < -0.39 is 12.7 Å². The summed E-state index contributed by atoms with van der Waals surface area (Å²) in [6.07, 6.45) is 3.01. The maximum Gasteiger partial charge on any atom is 0.178 e. The number of alkyl halides is 1. The van der Waals surface area contributed by atoms with E-state index in [1.54, 1.807) is 6.20 Å². The van der Waals surface area contributed by atoms with Crippen molar-refractivity contribution in [2.45, 2.75) is 6.04 Å². The molecule has 2 heterocycles. The van der Waals surface area contributed by atoms with Crippen LogP contribution >= 0.6 is 11.6 Å². The van der Waals surface area contributed by atoms with Crippen LogP contribution in [0.5, 0.6) is 0 Å². The van der Waals surface area contributed by atoms with E-state index in [2.05, 4.69) is 15.1 Å². The number of nitrogens with zero attached hydrogens (tertiary/aromatic N) is 4. The monoisotopic (exact) mass is 276 g/mol. The highest BCUT2D eigenvalue weighted by atomic mass is 35.5. The summed E-state index contributed by atoms with van der Waals surface area (Å²) >= 11 is 5.83. The maximum absolute atomic E-state index is 13.4. The van der Waals surface area contributed by atoms with E-state index in [4.69, 9.17) is 11.6 Å². The predicted molar refractivity (Wildman–Crippen MR) is 70.9 cm³/mol. The Labute approximate surface area is 113 Å². The lowest BCUT2D eigenvalue weighted by molar-refractivity contribution is 0.381. The first-order valence-electron chi connectivity index (χ1n) is 5.76. The van der Waals surface area contributed by atoms with Gasteiger partial charge in [-0.05, 0) is 5.56 Å². The third-order valence-corrected chi connectivity index (χ3v) is 3.08. The van der Waals surface area contributed by atoms with E-state index in [1.165, 1.54) is 10.9 Å². The van der Waals surface area contributed by atoms with Gasteiger partial charge in [0, 0.05) is 0 Å². The van der Waals surface area contributed by atoms with Gasteiger partial charge in [-0.15, -0.1) is 0 Å². The van der Waals surface area contributed by atoms with Gasteiger partial charge in [0.05, 0.1) is 12.4 Å². The van der Waals surface area contributed by atoms with Gasteiger partial charge in [-0.25, -0.2) is 19.0 Å². The summed E-state index contributed by atoms with van der Waals surface area (Å²) in [7, 11) is 0. The Morgan fingerprint density at radius 1 is 1.21 bits per heavy atom. The lowest BCUT2D eigenvalue weighted by Gasteiger charge is -2.14. The maximum atomic E-state index is 13.4. The van der Waals surface area contributed by atoms with Gasteiger partial charge >= 0.3 is 0 Å². The fraction of sp³-hybridized carbons (Fsp3) is 0.154. The van der Waals surface area contributed by atoms with Gasteiger partial charge in [-0.1, -0.05) is 41.9 Å². The number of aromatic nitrogens is 4. The minimum absolute atomic E-state index is 0.264. The standard InChI is InChI=1S/C13H10ClFN4/c14-12-8-16-10-7-17-19(13(10)18-12)11(6-15)9-4-2-1-3-5-9/h1-5,7-8,11H,6H2/t11-/m1/s1. The van der Waals surface area contributed by atoms with Crippen molar-refractivity contribution in [1.82, 2.24) is 19.7 Å². The van der Waals surface area contributed by atoms with Crippen LogP contribution in [0.3, 0.4) is 0 Å². The van der Waals surface area contributed by atoms with E-state index in [0.29, 0.717) is 11.2 Å². The molecule has 96 valence electrons. The van der Waals surface area contributed by atoms with Crippen LogP contribution in [0.2, 0.25) is 5.15 Å². The van der Waals surface area contributed by atoms with Crippen molar-refractivity contribution in [2.75, 3.05) is 6.67 Å². The van der Waals surface area contributed by atoms with Gasteiger partial charge in [0.1, 0.15) is 23.4 Å². The molecular weight excluding hydrogens is 267 g/mol. The van der Waals surface area contributed by atoms with Crippen LogP contribution < -0.4 is 0 Å². The van der Waals surface area contributed by atoms with Crippen molar-refractivity contribution in [3.63, 3.8) is 0 Å². The van der Waals surface area contributed by atoms with Crippen LogP contribution in [0, 0.1) is 0 Å². The van der Waals surface area contributed by atoms with Gasteiger partial charge in [-0.2, -0.15) is 5.10 Å². The van der Waals surface area contributed by atoms with Gasteiger partial charge in [0.2, 0.25) is 0 Å². The molecule has 2 aromatic heterocycles. The number of hydrogen-bond donors (Lipinski definition) is 0. The quantitative estimate of drug-likeness (QED) is 0.738. The summed E-state index contributed by atoms with van der Waals surface area (Å²) in [6.45, 7) is -0.574. The highest BCUT2D eigenvalue weighted by Crippen LogP contribution is 2.22. The van der Waals surface area contributed by atoms with E-state index >= 15 is 0 Å². The number of benzene rings is 1. The summed E-state index contributed by atoms with van der Waals surface area (Å²) in [6, 6.07) is 8.80. The first kappa shape index (κ1) is 12.0. The highest BCUT2D eigenvalue weighted by Gasteiger charge is 2.18. The molecule has 0 N–H and O–H groups in total. The molecule has 0 bridgehead atoms. The topological polar surface area (TPSA) is 43.6 Å². The van der Waals surface area contributed by atoms with Crippen LogP contribution in [0.25, 0.3) is 11.2 Å². The summed E-state index contributed by atoms with van der Waals surface area (Å²) in [4.78, 5) is 8.28. The van der Waals surface area contributed by atoms with E-state index in [9.17, 15) is 4.39 Å². The number of fused-ring (bicyclic) bond motifs is 1. The molecule has 0 saturated carbocycles. The summed E-state index contributed by atoms with van der Waals surface area (Å²) in [5.41, 5.74) is 1.91. The van der Waals surface area contributed by atoms with Crippen LogP contribution in [0.1, 0.15) is 11.6 Å². The fourth-order valence-electron chi connectivity index (χ4n) is 2.00. The molecule has 0 spiro atoms. The Bertz CT molecular complexity index is 698. The van der Waals surface area contributed by atoms with Gasteiger partial charge in [0.15, 0.2) is 5.65 Å². The zero-order chi connectivity index (χ0) is 13.2. The van der Waals surface area contributed by atoms with Gasteiger partial charge in [0.25, 0.3) is 0 Å². The van der Waals surface area contributed by atoms with Crippen LogP contribution in [0.4, 0.5) is 4.39 Å². The van der Waals surface area contributed by atoms with Crippen molar-refractivity contribution in [2.24, 2.45) is 0 Å². The van der Waals surface area contributed by atoms with Crippen LogP contribution in [-0.4, -0.2) is 26.4 Å². The molecule has 0 saturated heterocycles. The molecule has 19 heavy (non-hydrogen) atoms. The summed E-state index contributed by atoms with van der Waals surface area (Å²) in [5, 5.41) is 4.44. The van der Waals surface area contributed by atoms with Crippen molar-refractivity contribution in [3.05, 3.63) is 53.4 Å². The average molecular weight is 277 g/mol. The van der Waals surface area contributed by atoms with E-state index in [-0.39, 0.29) is 5.15 Å². The molecule has 3 aromatic rings. The third kappa shape index (κ3) is 2.17. The first-order valence-corrected chi connectivity index (χ1v) is 6.14. The molecule has 3 rings (SSSR count). The Kier molecular flexibility index (Phi) is 3.13. The van der Waals surface area contributed by atoms with Crippen molar-refractivity contribution in [1.29, 1.82) is 0 Å². The Morgan fingerprint density at radius 2 is 2.00 bits per heavy atom. The molecular formula is C13H10ClFN4. The Morgan fingerprint density at radius 3 is 2.74 bits per heavy atom. The molecule has 1 atom stereocenters. The Hall–Kier alpha value is -2.01. The molecule has 6 heteroatoms. The van der Waals surface area contributed by atoms with Crippen LogP contribution in [-0.2, 0) is 0 Å². The summed E-state index contributed by atoms with van der Waals surface area (Å²) < 4.78 is 14.9. The molecule has 1 aromatic carbocycles. The minimum atomic E-state index is -0.574. The molecule has 0 fully saturated rings. The fourth-order valence-corrected chi connectivity index (χ4v) is 2.13. The minimum Gasteiger partial charge on any atom is -0.248 e. The molecule has 0 aliphatic heterocycles. The summed E-state index contributed by atoms with van der Waals surface area (Å²) in [5.74, 6) is 0. The van der Waals surface area contributed by atoms with Crippen LogP contribution in [0.15, 0.2) is 42.7 Å². The second kappa shape index (κ2) is 4.93. The molecule has 0 amide bonds. The van der Waals surface area contributed by atoms with Gasteiger partial charge < -0.3 is 0 Å². The van der Waals surface area contributed by atoms with Crippen molar-refractivity contribution in [3.8, 4) is 0 Å². The molecule has 0 aliphatic rings. The largest absolute Gasteiger partial charge is 0.248 e. The zero-order valence-corrected chi connectivity index (χ0v) is 10.6. The zero-order valence-electron chi connectivity index (χ0n) is 9.87. The molecule has 0 unspecified atom stereocenters. The SMILES string of the molecule is FC[C@H](c1ccccc1)n1ncc2ncc(Cl)nc21. The number of halogens is 2.